The third kappa shape index (κ3) is 4.16. The molecule has 0 aliphatic rings. The Morgan fingerprint density at radius 2 is 2.14 bits per heavy atom. The molecule has 2 aromatic rings. The van der Waals surface area contributed by atoms with Crippen molar-refractivity contribution >= 4 is 23.2 Å². The van der Waals surface area contributed by atoms with Crippen molar-refractivity contribution in [3.63, 3.8) is 0 Å². The van der Waals surface area contributed by atoms with Gasteiger partial charge >= 0.3 is 0 Å². The highest BCUT2D eigenvalue weighted by Crippen LogP contribution is 2.09. The molecule has 0 spiro atoms. The molecule has 0 aliphatic heterocycles. The third-order valence-electron chi connectivity index (χ3n) is 2.68. The van der Waals surface area contributed by atoms with Gasteiger partial charge in [-0.25, -0.2) is 4.98 Å². The summed E-state index contributed by atoms with van der Waals surface area (Å²) in [5.41, 5.74) is 7.16. The first kappa shape index (κ1) is 14.8. The molecular weight excluding hydrogens is 286 g/mol. The number of carbonyl (C=O) groups excluding carboxylic acids is 2. The van der Waals surface area contributed by atoms with E-state index in [0.717, 1.165) is 11.1 Å². The summed E-state index contributed by atoms with van der Waals surface area (Å²) in [5, 5.41) is 4.85. The van der Waals surface area contributed by atoms with E-state index in [1.807, 2.05) is 24.3 Å². The molecule has 0 atom stereocenters. The second-order valence-corrected chi connectivity index (χ2v) is 5.19. The fourth-order valence-corrected chi connectivity index (χ4v) is 2.37. The van der Waals surface area contributed by atoms with E-state index in [1.165, 1.54) is 11.3 Å². The first-order valence-electron chi connectivity index (χ1n) is 6.15. The van der Waals surface area contributed by atoms with E-state index in [4.69, 9.17) is 12.2 Å². The van der Waals surface area contributed by atoms with E-state index in [9.17, 15) is 9.59 Å². The number of nitrogens with one attached hydrogen (secondary N) is 1. The standard InChI is InChI=1S/C15H13N3O2S/c1-2-14-18-12(9-21-14)15(20)17-8-11-5-3-4-10(6-11)7-13(16)19/h1,3-6,9H,7-8H2,(H2,16,19)(H,17,20). The van der Waals surface area contributed by atoms with Gasteiger partial charge in [0.2, 0.25) is 5.91 Å². The van der Waals surface area contributed by atoms with Crippen molar-refractivity contribution in [3.05, 3.63) is 51.5 Å². The lowest BCUT2D eigenvalue weighted by Gasteiger charge is -2.05. The first-order chi connectivity index (χ1) is 10.1. The molecule has 0 fully saturated rings. The lowest BCUT2D eigenvalue weighted by atomic mass is 10.1. The maximum atomic E-state index is 11.9. The predicted octanol–water partition coefficient (Wildman–Crippen LogP) is 1.08. The summed E-state index contributed by atoms with van der Waals surface area (Å²) >= 11 is 1.25. The summed E-state index contributed by atoms with van der Waals surface area (Å²) in [6.45, 7) is 0.342. The highest BCUT2D eigenvalue weighted by molar-refractivity contribution is 7.10. The number of primary amides is 1. The van der Waals surface area contributed by atoms with Gasteiger partial charge in [0.05, 0.1) is 6.42 Å². The average Bonchev–Trinajstić information content (AvgIpc) is 2.93. The molecule has 0 saturated heterocycles. The van der Waals surface area contributed by atoms with Crippen LogP contribution in [0.2, 0.25) is 0 Å². The molecule has 6 heteroatoms. The van der Waals surface area contributed by atoms with Crippen LogP contribution in [0.25, 0.3) is 0 Å². The summed E-state index contributed by atoms with van der Waals surface area (Å²) < 4.78 is 0. The molecular formula is C15H13N3O2S. The number of hydrogen-bond donors (Lipinski definition) is 2. The maximum absolute atomic E-state index is 11.9. The van der Waals surface area contributed by atoms with E-state index in [-0.39, 0.29) is 18.2 Å². The van der Waals surface area contributed by atoms with Crippen LogP contribution in [0.5, 0.6) is 0 Å². The minimum absolute atomic E-state index is 0.180. The van der Waals surface area contributed by atoms with Gasteiger partial charge in [0.15, 0.2) is 5.01 Å². The normalized spacial score (nSPS) is 9.86. The van der Waals surface area contributed by atoms with Crippen LogP contribution in [-0.4, -0.2) is 16.8 Å². The number of benzene rings is 1. The van der Waals surface area contributed by atoms with Gasteiger partial charge in [0.1, 0.15) is 5.69 Å². The van der Waals surface area contributed by atoms with Crippen LogP contribution in [-0.2, 0) is 17.8 Å². The van der Waals surface area contributed by atoms with Crippen molar-refractivity contribution in [3.8, 4) is 12.3 Å². The van der Waals surface area contributed by atoms with E-state index in [1.54, 1.807) is 5.38 Å². The second kappa shape index (κ2) is 6.68. The Hall–Kier alpha value is -2.65. The fourth-order valence-electron chi connectivity index (χ4n) is 1.77. The number of nitrogens with zero attached hydrogens (tertiary/aromatic N) is 1. The van der Waals surface area contributed by atoms with Gasteiger partial charge in [-0.2, -0.15) is 0 Å². The molecule has 2 rings (SSSR count). The summed E-state index contributed by atoms with van der Waals surface area (Å²) in [6.07, 6.45) is 5.39. The van der Waals surface area contributed by atoms with Crippen LogP contribution in [0.1, 0.15) is 26.6 Å². The number of amides is 2. The monoisotopic (exact) mass is 299 g/mol. The number of hydrogen-bond acceptors (Lipinski definition) is 4. The molecule has 2 amide bonds. The Labute approximate surface area is 126 Å². The van der Waals surface area contributed by atoms with Crippen LogP contribution in [0.15, 0.2) is 29.6 Å². The number of rotatable bonds is 5. The molecule has 21 heavy (non-hydrogen) atoms. The van der Waals surface area contributed by atoms with Gasteiger partial charge < -0.3 is 11.1 Å². The smallest absolute Gasteiger partial charge is 0.271 e. The summed E-state index contributed by atoms with van der Waals surface area (Å²) in [5.74, 6) is 1.71. The maximum Gasteiger partial charge on any atom is 0.271 e. The molecule has 1 aromatic carbocycles. The van der Waals surface area contributed by atoms with Gasteiger partial charge in [-0.1, -0.05) is 24.3 Å². The molecule has 106 valence electrons. The van der Waals surface area contributed by atoms with E-state index in [0.29, 0.717) is 17.2 Å². The minimum atomic E-state index is -0.388. The number of terminal acetylenes is 1. The number of carbonyl (C=O) groups is 2. The zero-order valence-corrected chi connectivity index (χ0v) is 11.9. The number of nitrogens with two attached hydrogens (primary N) is 1. The Bertz CT molecular complexity index is 716. The van der Waals surface area contributed by atoms with Crippen molar-refractivity contribution in [1.29, 1.82) is 0 Å². The highest BCUT2D eigenvalue weighted by atomic mass is 32.1. The van der Waals surface area contributed by atoms with Crippen molar-refractivity contribution in [2.45, 2.75) is 13.0 Å². The molecule has 3 N–H and O–H groups in total. The molecule has 0 bridgehead atoms. The average molecular weight is 299 g/mol. The molecule has 1 heterocycles. The summed E-state index contributed by atoms with van der Waals surface area (Å²) in [6, 6.07) is 7.33. The predicted molar refractivity (Wildman–Crippen MR) is 80.6 cm³/mol. The zero-order valence-electron chi connectivity index (χ0n) is 11.1. The van der Waals surface area contributed by atoms with E-state index in [2.05, 4.69) is 16.2 Å². The molecule has 1 aromatic heterocycles. The molecule has 0 saturated carbocycles. The summed E-state index contributed by atoms with van der Waals surface area (Å²) in [7, 11) is 0. The third-order valence-corrected chi connectivity index (χ3v) is 3.46. The molecule has 5 nitrogen and oxygen atoms in total. The Morgan fingerprint density at radius 1 is 1.38 bits per heavy atom. The van der Waals surface area contributed by atoms with Crippen LogP contribution in [0.4, 0.5) is 0 Å². The highest BCUT2D eigenvalue weighted by Gasteiger charge is 2.09. The quantitative estimate of drug-likeness (QED) is 0.810. The number of aromatic nitrogens is 1. The lowest BCUT2D eigenvalue weighted by molar-refractivity contribution is -0.117. The minimum Gasteiger partial charge on any atom is -0.369 e. The SMILES string of the molecule is C#Cc1nc(C(=O)NCc2cccc(CC(N)=O)c2)cs1. The van der Waals surface area contributed by atoms with Crippen molar-refractivity contribution in [1.82, 2.24) is 10.3 Å². The van der Waals surface area contributed by atoms with Crippen molar-refractivity contribution in [2.75, 3.05) is 0 Å². The van der Waals surface area contributed by atoms with Crippen molar-refractivity contribution < 1.29 is 9.59 Å². The Kier molecular flexibility index (Phi) is 4.69. The first-order valence-corrected chi connectivity index (χ1v) is 7.03. The Morgan fingerprint density at radius 3 is 2.81 bits per heavy atom. The van der Waals surface area contributed by atoms with Gasteiger partial charge in [0.25, 0.3) is 5.91 Å². The second-order valence-electron chi connectivity index (χ2n) is 4.33. The fraction of sp³-hybridized carbons (Fsp3) is 0.133. The van der Waals surface area contributed by atoms with Gasteiger partial charge in [0, 0.05) is 11.9 Å². The zero-order chi connectivity index (χ0) is 15.2. The van der Waals surface area contributed by atoms with E-state index >= 15 is 0 Å². The Balaban J connectivity index is 1.98. The number of thiazole rings is 1. The van der Waals surface area contributed by atoms with Crippen LogP contribution in [0, 0.1) is 12.3 Å². The topological polar surface area (TPSA) is 85.1 Å². The van der Waals surface area contributed by atoms with E-state index < -0.39 is 0 Å². The lowest BCUT2D eigenvalue weighted by Crippen LogP contribution is -2.23. The summed E-state index contributed by atoms with van der Waals surface area (Å²) in [4.78, 5) is 26.8. The van der Waals surface area contributed by atoms with Crippen LogP contribution >= 0.6 is 11.3 Å². The van der Waals surface area contributed by atoms with Crippen LogP contribution < -0.4 is 11.1 Å². The van der Waals surface area contributed by atoms with Crippen LogP contribution in [0.3, 0.4) is 0 Å². The van der Waals surface area contributed by atoms with Gasteiger partial charge in [-0.15, -0.1) is 17.8 Å². The van der Waals surface area contributed by atoms with Gasteiger partial charge in [-0.05, 0) is 17.0 Å². The molecule has 0 radical (unpaired) electrons. The molecule has 0 aliphatic carbocycles. The van der Waals surface area contributed by atoms with Crippen molar-refractivity contribution in [2.24, 2.45) is 5.73 Å². The largest absolute Gasteiger partial charge is 0.369 e. The van der Waals surface area contributed by atoms with Gasteiger partial charge in [-0.3, -0.25) is 9.59 Å². The molecule has 0 unspecified atom stereocenters.